The SMILES string of the molecule is O=C(C[C@@](O)(c1ccco1)C(F)(F)F)Nc1cccc(S(=O)(=O)N2CCCCC2)c1. The second kappa shape index (κ2) is 8.40. The van der Waals surface area contributed by atoms with E-state index in [1.54, 1.807) is 0 Å². The maximum absolute atomic E-state index is 13.4. The van der Waals surface area contributed by atoms with Gasteiger partial charge in [0.2, 0.25) is 21.5 Å². The molecule has 1 amide bonds. The molecular weight excluding hydrogens is 425 g/mol. The van der Waals surface area contributed by atoms with E-state index < -0.39 is 39.9 Å². The third-order valence-corrected chi connectivity index (χ3v) is 6.78. The highest BCUT2D eigenvalue weighted by molar-refractivity contribution is 7.89. The van der Waals surface area contributed by atoms with Gasteiger partial charge in [-0.05, 0) is 43.2 Å². The Hall–Kier alpha value is -2.37. The lowest BCUT2D eigenvalue weighted by Crippen LogP contribution is -2.44. The van der Waals surface area contributed by atoms with Crippen LogP contribution in [0.15, 0.2) is 52.0 Å². The summed E-state index contributed by atoms with van der Waals surface area (Å²) >= 11 is 0. The number of nitrogens with one attached hydrogen (secondary N) is 1. The minimum atomic E-state index is -5.17. The van der Waals surface area contributed by atoms with Gasteiger partial charge in [-0.2, -0.15) is 17.5 Å². The Morgan fingerprint density at radius 3 is 2.43 bits per heavy atom. The van der Waals surface area contributed by atoms with Crippen molar-refractivity contribution >= 4 is 21.6 Å². The van der Waals surface area contributed by atoms with Gasteiger partial charge in [0.05, 0.1) is 17.6 Å². The predicted octanol–water partition coefficient (Wildman–Crippen LogP) is 3.23. The fourth-order valence-electron chi connectivity index (χ4n) is 3.27. The fourth-order valence-corrected chi connectivity index (χ4v) is 4.83. The van der Waals surface area contributed by atoms with Crippen molar-refractivity contribution in [1.82, 2.24) is 4.31 Å². The Labute approximate surface area is 171 Å². The van der Waals surface area contributed by atoms with E-state index in [2.05, 4.69) is 9.73 Å². The lowest BCUT2D eigenvalue weighted by molar-refractivity contribution is -0.272. The first-order valence-corrected chi connectivity index (χ1v) is 10.7. The highest BCUT2D eigenvalue weighted by atomic mass is 32.2. The number of rotatable bonds is 6. The number of carbonyl (C=O) groups is 1. The van der Waals surface area contributed by atoms with E-state index >= 15 is 0 Å². The quantitative estimate of drug-likeness (QED) is 0.710. The van der Waals surface area contributed by atoms with Crippen LogP contribution in [-0.2, 0) is 20.4 Å². The molecule has 1 aromatic carbocycles. The van der Waals surface area contributed by atoms with Gasteiger partial charge in [-0.3, -0.25) is 4.79 Å². The molecule has 11 heteroatoms. The summed E-state index contributed by atoms with van der Waals surface area (Å²) in [6.45, 7) is 0.779. The van der Waals surface area contributed by atoms with Crippen LogP contribution in [0.5, 0.6) is 0 Å². The smallest absolute Gasteiger partial charge is 0.425 e. The van der Waals surface area contributed by atoms with Gasteiger partial charge >= 0.3 is 6.18 Å². The fraction of sp³-hybridized carbons (Fsp3) is 0.421. The second-order valence-corrected chi connectivity index (χ2v) is 8.99. The van der Waals surface area contributed by atoms with E-state index in [1.165, 1.54) is 34.6 Å². The number of hydrogen-bond donors (Lipinski definition) is 2. The minimum absolute atomic E-state index is 0.00190. The molecule has 0 aliphatic carbocycles. The van der Waals surface area contributed by atoms with E-state index in [9.17, 15) is 31.5 Å². The Kier molecular flexibility index (Phi) is 6.25. The summed E-state index contributed by atoms with van der Waals surface area (Å²) in [5.41, 5.74) is -3.51. The number of benzene rings is 1. The largest absolute Gasteiger partial charge is 0.466 e. The van der Waals surface area contributed by atoms with Crippen molar-refractivity contribution in [3.8, 4) is 0 Å². The number of nitrogens with zero attached hydrogens (tertiary/aromatic N) is 1. The predicted molar refractivity (Wildman–Crippen MR) is 101 cm³/mol. The Morgan fingerprint density at radius 2 is 1.83 bits per heavy atom. The molecule has 1 aliphatic heterocycles. The number of sulfonamides is 1. The van der Waals surface area contributed by atoms with E-state index in [0.717, 1.165) is 31.6 Å². The summed E-state index contributed by atoms with van der Waals surface area (Å²) < 4.78 is 71.8. The van der Waals surface area contributed by atoms with Gasteiger partial charge in [0, 0.05) is 18.8 Å². The van der Waals surface area contributed by atoms with Crippen LogP contribution in [-0.4, -0.2) is 43.0 Å². The molecule has 0 saturated carbocycles. The standard InChI is InChI=1S/C19H21F3N2O5S/c20-19(21,22)18(26,16-8-5-11-29-16)13-17(25)23-14-6-4-7-15(12-14)30(27,28)24-9-2-1-3-10-24/h4-8,11-12,26H,1-3,9-10,13H2,(H,23,25)/t18-/m1/s1. The van der Waals surface area contributed by atoms with Gasteiger partial charge in [0.25, 0.3) is 0 Å². The van der Waals surface area contributed by atoms with E-state index in [4.69, 9.17) is 0 Å². The molecule has 1 atom stereocenters. The maximum atomic E-state index is 13.4. The summed E-state index contributed by atoms with van der Waals surface area (Å²) in [5, 5.41) is 12.4. The van der Waals surface area contributed by atoms with Gasteiger partial charge in [0.1, 0.15) is 5.76 Å². The van der Waals surface area contributed by atoms with Gasteiger partial charge in [0.15, 0.2) is 0 Å². The number of carbonyl (C=O) groups excluding carboxylic acids is 1. The number of hydrogen-bond acceptors (Lipinski definition) is 5. The minimum Gasteiger partial charge on any atom is -0.466 e. The molecule has 7 nitrogen and oxygen atoms in total. The average molecular weight is 446 g/mol. The molecule has 2 heterocycles. The van der Waals surface area contributed by atoms with Crippen molar-refractivity contribution in [2.45, 2.75) is 42.4 Å². The highest BCUT2D eigenvalue weighted by Gasteiger charge is 2.58. The summed E-state index contributed by atoms with van der Waals surface area (Å²) in [5.74, 6) is -1.97. The number of furan rings is 1. The van der Waals surface area contributed by atoms with Crippen LogP contribution in [0, 0.1) is 0 Å². The van der Waals surface area contributed by atoms with E-state index in [-0.39, 0.29) is 10.6 Å². The molecule has 30 heavy (non-hydrogen) atoms. The zero-order valence-corrected chi connectivity index (χ0v) is 16.7. The normalized spacial score (nSPS) is 18.0. The molecule has 0 spiro atoms. The lowest BCUT2D eigenvalue weighted by atomic mass is 9.95. The van der Waals surface area contributed by atoms with Crippen LogP contribution in [0.25, 0.3) is 0 Å². The zero-order valence-electron chi connectivity index (χ0n) is 15.9. The van der Waals surface area contributed by atoms with E-state index in [1.807, 2.05) is 0 Å². The Balaban J connectivity index is 1.78. The molecule has 2 N–H and O–H groups in total. The van der Waals surface area contributed by atoms with E-state index in [0.29, 0.717) is 13.1 Å². The number of alkyl halides is 3. The summed E-state index contributed by atoms with van der Waals surface area (Å²) in [6, 6.07) is 7.36. The molecule has 0 unspecified atom stereocenters. The third kappa shape index (κ3) is 4.52. The number of anilines is 1. The molecule has 0 radical (unpaired) electrons. The van der Waals surface area contributed by atoms with Gasteiger partial charge in [-0.25, -0.2) is 8.42 Å². The first-order valence-electron chi connectivity index (χ1n) is 9.27. The topological polar surface area (TPSA) is 99.8 Å². The Bertz CT molecular complexity index is 986. The Morgan fingerprint density at radius 1 is 1.13 bits per heavy atom. The number of piperidine rings is 1. The lowest BCUT2D eigenvalue weighted by Gasteiger charge is -2.28. The number of amides is 1. The van der Waals surface area contributed by atoms with Crippen LogP contribution in [0.3, 0.4) is 0 Å². The molecule has 1 fully saturated rings. The van der Waals surface area contributed by atoms with Crippen molar-refractivity contribution in [2.24, 2.45) is 0 Å². The van der Waals surface area contributed by atoms with Crippen LogP contribution in [0.2, 0.25) is 0 Å². The van der Waals surface area contributed by atoms with Crippen LogP contribution >= 0.6 is 0 Å². The highest BCUT2D eigenvalue weighted by Crippen LogP contribution is 2.42. The van der Waals surface area contributed by atoms with Crippen molar-refractivity contribution in [3.05, 3.63) is 48.4 Å². The first-order chi connectivity index (χ1) is 14.0. The zero-order chi connectivity index (χ0) is 22.0. The molecule has 164 valence electrons. The summed E-state index contributed by atoms with van der Waals surface area (Å²) in [4.78, 5) is 12.2. The van der Waals surface area contributed by atoms with Crippen LogP contribution in [0.4, 0.5) is 18.9 Å². The average Bonchev–Trinajstić information content (AvgIpc) is 3.23. The number of halogens is 3. The summed E-state index contributed by atoms with van der Waals surface area (Å²) in [7, 11) is -3.78. The first kappa shape index (κ1) is 22.3. The van der Waals surface area contributed by atoms with Crippen LogP contribution in [0.1, 0.15) is 31.4 Å². The second-order valence-electron chi connectivity index (χ2n) is 7.05. The molecule has 1 aromatic heterocycles. The molecule has 3 rings (SSSR count). The van der Waals surface area contributed by atoms with Gasteiger partial charge in [-0.15, -0.1) is 0 Å². The maximum Gasteiger partial charge on any atom is 0.425 e. The van der Waals surface area contributed by atoms with Crippen molar-refractivity contribution in [2.75, 3.05) is 18.4 Å². The van der Waals surface area contributed by atoms with Crippen LogP contribution < -0.4 is 5.32 Å². The van der Waals surface area contributed by atoms with Gasteiger partial charge < -0.3 is 14.8 Å². The van der Waals surface area contributed by atoms with Gasteiger partial charge in [-0.1, -0.05) is 12.5 Å². The van der Waals surface area contributed by atoms with Crippen molar-refractivity contribution in [3.63, 3.8) is 0 Å². The molecule has 2 aromatic rings. The molecular formula is C19H21F3N2O5S. The van der Waals surface area contributed by atoms with Crippen molar-refractivity contribution in [1.29, 1.82) is 0 Å². The monoisotopic (exact) mass is 446 g/mol. The summed E-state index contributed by atoms with van der Waals surface area (Å²) in [6.07, 6.45) is -3.12. The van der Waals surface area contributed by atoms with Crippen molar-refractivity contribution < 1.29 is 35.9 Å². The molecule has 1 aliphatic rings. The third-order valence-electron chi connectivity index (χ3n) is 4.88. The number of aliphatic hydroxyl groups is 1. The molecule has 1 saturated heterocycles. The molecule has 0 bridgehead atoms.